The average Bonchev–Trinajstić information content (AvgIpc) is 3.21. The van der Waals surface area contributed by atoms with Crippen molar-refractivity contribution in [2.45, 2.75) is 31.5 Å². The Kier molecular flexibility index (Phi) is 7.40. The molecule has 3 atom stereocenters. The predicted molar refractivity (Wildman–Crippen MR) is 112 cm³/mol. The van der Waals surface area contributed by atoms with Gasteiger partial charge in [0.15, 0.2) is 0 Å². The number of rotatable bonds is 7. The maximum absolute atomic E-state index is 14.1. The smallest absolute Gasteiger partial charge is 0.416 e. The molecule has 0 bridgehead atoms. The van der Waals surface area contributed by atoms with Crippen LogP contribution in [0.5, 0.6) is 5.75 Å². The number of halogens is 4. The second kappa shape index (κ2) is 10.1. The SMILES string of the molecule is CCOC(=O)C(c1cccc(OC)c1)C1C=CC(NC(=O)c2cc(C(F)(F)F)ccc2F)C1. The summed E-state index contributed by atoms with van der Waals surface area (Å²) in [5.74, 6) is -2.94. The van der Waals surface area contributed by atoms with Gasteiger partial charge in [-0.3, -0.25) is 9.59 Å². The monoisotopic (exact) mass is 465 g/mol. The Balaban J connectivity index is 1.77. The zero-order valence-corrected chi connectivity index (χ0v) is 18.0. The van der Waals surface area contributed by atoms with E-state index in [0.717, 1.165) is 0 Å². The van der Waals surface area contributed by atoms with Crippen LogP contribution in [0.2, 0.25) is 0 Å². The number of hydrogen-bond donors (Lipinski definition) is 1. The topological polar surface area (TPSA) is 64.6 Å². The lowest BCUT2D eigenvalue weighted by molar-refractivity contribution is -0.146. The van der Waals surface area contributed by atoms with Crippen LogP contribution in [0.15, 0.2) is 54.6 Å². The third-order valence-corrected chi connectivity index (χ3v) is 5.39. The normalized spacial score (nSPS) is 18.6. The van der Waals surface area contributed by atoms with Crippen LogP contribution in [0.1, 0.15) is 40.7 Å². The van der Waals surface area contributed by atoms with Crippen LogP contribution in [0.25, 0.3) is 0 Å². The number of methoxy groups -OCH3 is 1. The van der Waals surface area contributed by atoms with Gasteiger partial charge in [0.1, 0.15) is 11.6 Å². The fourth-order valence-electron chi connectivity index (χ4n) is 3.83. The molecule has 1 amide bonds. The number of amides is 1. The summed E-state index contributed by atoms with van der Waals surface area (Å²) in [4.78, 5) is 25.2. The van der Waals surface area contributed by atoms with Crippen molar-refractivity contribution in [1.29, 1.82) is 0 Å². The fourth-order valence-corrected chi connectivity index (χ4v) is 3.83. The molecule has 33 heavy (non-hydrogen) atoms. The summed E-state index contributed by atoms with van der Waals surface area (Å²) in [6.45, 7) is 1.88. The molecule has 0 saturated heterocycles. The van der Waals surface area contributed by atoms with Gasteiger partial charge in [-0.1, -0.05) is 24.3 Å². The van der Waals surface area contributed by atoms with Crippen molar-refractivity contribution in [1.82, 2.24) is 5.32 Å². The van der Waals surface area contributed by atoms with Gasteiger partial charge in [-0.2, -0.15) is 13.2 Å². The zero-order valence-electron chi connectivity index (χ0n) is 18.0. The number of carbonyl (C=O) groups is 2. The van der Waals surface area contributed by atoms with E-state index in [2.05, 4.69) is 5.32 Å². The zero-order chi connectivity index (χ0) is 24.2. The third-order valence-electron chi connectivity index (χ3n) is 5.39. The Morgan fingerprint density at radius 2 is 1.91 bits per heavy atom. The summed E-state index contributed by atoms with van der Waals surface area (Å²) in [6, 6.07) is 8.05. The molecule has 3 rings (SSSR count). The van der Waals surface area contributed by atoms with Crippen LogP contribution < -0.4 is 10.1 Å². The molecule has 0 heterocycles. The first kappa shape index (κ1) is 24.3. The number of ether oxygens (including phenoxy) is 2. The van der Waals surface area contributed by atoms with Gasteiger partial charge in [0, 0.05) is 6.04 Å². The Morgan fingerprint density at radius 1 is 1.15 bits per heavy atom. The van der Waals surface area contributed by atoms with E-state index in [0.29, 0.717) is 29.5 Å². The minimum absolute atomic E-state index is 0.185. The first-order chi connectivity index (χ1) is 15.6. The molecule has 5 nitrogen and oxygen atoms in total. The van der Waals surface area contributed by atoms with Gasteiger partial charge in [-0.25, -0.2) is 4.39 Å². The fraction of sp³-hybridized carbons (Fsp3) is 0.333. The molecule has 176 valence electrons. The van der Waals surface area contributed by atoms with E-state index in [1.165, 1.54) is 7.11 Å². The van der Waals surface area contributed by atoms with Crippen molar-refractivity contribution >= 4 is 11.9 Å². The van der Waals surface area contributed by atoms with Crippen molar-refractivity contribution in [3.63, 3.8) is 0 Å². The lowest BCUT2D eigenvalue weighted by atomic mass is 9.85. The molecular formula is C24H23F4NO4. The molecule has 9 heteroatoms. The summed E-state index contributed by atoms with van der Waals surface area (Å²) in [5.41, 5.74) is -1.15. The number of alkyl halides is 3. The number of allylic oxidation sites excluding steroid dienone is 1. The van der Waals surface area contributed by atoms with Crippen molar-refractivity contribution < 1.29 is 36.6 Å². The highest BCUT2D eigenvalue weighted by Gasteiger charge is 2.35. The van der Waals surface area contributed by atoms with Crippen molar-refractivity contribution in [3.05, 3.63) is 77.1 Å². The molecule has 0 fully saturated rings. The molecule has 2 aromatic carbocycles. The van der Waals surface area contributed by atoms with E-state index >= 15 is 0 Å². The van der Waals surface area contributed by atoms with E-state index in [1.807, 2.05) is 0 Å². The number of hydrogen-bond acceptors (Lipinski definition) is 4. The second-order valence-electron chi connectivity index (χ2n) is 7.56. The van der Waals surface area contributed by atoms with Crippen LogP contribution in [0.4, 0.5) is 17.6 Å². The van der Waals surface area contributed by atoms with E-state index < -0.39 is 47.0 Å². The van der Waals surface area contributed by atoms with Crippen LogP contribution in [-0.2, 0) is 15.7 Å². The van der Waals surface area contributed by atoms with Crippen LogP contribution >= 0.6 is 0 Å². The molecule has 0 radical (unpaired) electrons. The van der Waals surface area contributed by atoms with E-state index in [9.17, 15) is 27.2 Å². The molecule has 0 aliphatic heterocycles. The molecule has 0 saturated carbocycles. The summed E-state index contributed by atoms with van der Waals surface area (Å²) in [6.07, 6.45) is -1.04. The molecule has 0 spiro atoms. The Hall–Kier alpha value is -3.36. The van der Waals surface area contributed by atoms with E-state index in [1.54, 1.807) is 43.3 Å². The molecular weight excluding hydrogens is 442 g/mol. The lowest BCUT2D eigenvalue weighted by Gasteiger charge is -2.23. The number of nitrogens with one attached hydrogen (secondary N) is 1. The number of carbonyl (C=O) groups excluding carboxylic acids is 2. The van der Waals surface area contributed by atoms with Gasteiger partial charge in [-0.15, -0.1) is 0 Å². The molecule has 1 N–H and O–H groups in total. The molecule has 0 aromatic heterocycles. The maximum atomic E-state index is 14.1. The van der Waals surface area contributed by atoms with Crippen molar-refractivity contribution in [3.8, 4) is 5.75 Å². The van der Waals surface area contributed by atoms with Crippen molar-refractivity contribution in [2.75, 3.05) is 13.7 Å². The minimum Gasteiger partial charge on any atom is -0.497 e. The minimum atomic E-state index is -4.70. The van der Waals surface area contributed by atoms with Crippen LogP contribution in [0.3, 0.4) is 0 Å². The summed E-state index contributed by atoms with van der Waals surface area (Å²) in [5, 5.41) is 2.53. The Bertz CT molecular complexity index is 1050. The summed E-state index contributed by atoms with van der Waals surface area (Å²) < 4.78 is 63.3. The van der Waals surface area contributed by atoms with Gasteiger partial charge >= 0.3 is 12.1 Å². The lowest BCUT2D eigenvalue weighted by Crippen LogP contribution is -2.34. The van der Waals surface area contributed by atoms with Crippen LogP contribution in [-0.4, -0.2) is 31.6 Å². The van der Waals surface area contributed by atoms with Crippen LogP contribution in [0, 0.1) is 11.7 Å². The highest BCUT2D eigenvalue weighted by atomic mass is 19.4. The maximum Gasteiger partial charge on any atom is 0.416 e. The quantitative estimate of drug-likeness (QED) is 0.360. The summed E-state index contributed by atoms with van der Waals surface area (Å²) >= 11 is 0. The molecule has 2 aromatic rings. The first-order valence-corrected chi connectivity index (χ1v) is 10.3. The highest BCUT2D eigenvalue weighted by Crippen LogP contribution is 2.36. The standard InChI is InChI=1S/C24H23F4NO4/c1-3-33-23(31)21(14-5-4-6-18(12-14)32-2)15-7-9-17(11-15)29-22(30)19-13-16(24(26,27)28)8-10-20(19)25/h4-10,12-13,15,17,21H,3,11H2,1-2H3,(H,29,30). The van der Waals surface area contributed by atoms with Crippen molar-refractivity contribution in [2.24, 2.45) is 5.92 Å². The first-order valence-electron chi connectivity index (χ1n) is 10.3. The highest BCUT2D eigenvalue weighted by molar-refractivity contribution is 5.95. The van der Waals surface area contributed by atoms with Gasteiger partial charge in [0.05, 0.1) is 30.8 Å². The van der Waals surface area contributed by atoms with E-state index in [-0.39, 0.29) is 18.9 Å². The largest absolute Gasteiger partial charge is 0.497 e. The van der Waals surface area contributed by atoms with Gasteiger partial charge in [0.25, 0.3) is 5.91 Å². The average molecular weight is 465 g/mol. The van der Waals surface area contributed by atoms with Gasteiger partial charge in [-0.05, 0) is 55.2 Å². The molecule has 1 aliphatic rings. The summed E-state index contributed by atoms with van der Waals surface area (Å²) in [7, 11) is 1.51. The van der Waals surface area contributed by atoms with E-state index in [4.69, 9.17) is 9.47 Å². The van der Waals surface area contributed by atoms with Gasteiger partial charge in [0.2, 0.25) is 0 Å². The number of esters is 1. The predicted octanol–water partition coefficient (Wildman–Crippen LogP) is 4.87. The Labute approximate surface area is 188 Å². The second-order valence-corrected chi connectivity index (χ2v) is 7.56. The third kappa shape index (κ3) is 5.71. The molecule has 1 aliphatic carbocycles. The molecule has 3 unspecified atom stereocenters. The van der Waals surface area contributed by atoms with Gasteiger partial charge < -0.3 is 14.8 Å². The Morgan fingerprint density at radius 3 is 2.58 bits per heavy atom. The number of benzene rings is 2.